The molecule has 0 saturated heterocycles. The molecule has 1 saturated carbocycles. The van der Waals surface area contributed by atoms with Crippen LogP contribution in [-0.2, 0) is 14.3 Å². The van der Waals surface area contributed by atoms with Gasteiger partial charge in [-0.3, -0.25) is 9.59 Å². The first-order valence-corrected chi connectivity index (χ1v) is 7.20. The van der Waals surface area contributed by atoms with Crippen molar-refractivity contribution in [3.63, 3.8) is 0 Å². The number of rotatable bonds is 5. The van der Waals surface area contributed by atoms with Crippen molar-refractivity contribution in [2.45, 2.75) is 45.4 Å². The molecule has 0 radical (unpaired) electrons. The lowest BCUT2D eigenvalue weighted by molar-refractivity contribution is -0.135. The number of halogens is 1. The van der Waals surface area contributed by atoms with Crippen LogP contribution in [0.5, 0.6) is 0 Å². The van der Waals surface area contributed by atoms with Gasteiger partial charge in [0, 0.05) is 0 Å². The van der Waals surface area contributed by atoms with Crippen LogP contribution in [0.1, 0.15) is 45.4 Å². The number of esters is 1. The summed E-state index contributed by atoms with van der Waals surface area (Å²) in [5.74, 6) is -1.31. The third kappa shape index (κ3) is 2.94. The molecule has 0 N–H and O–H groups in total. The Morgan fingerprint density at radius 1 is 1.29 bits per heavy atom. The van der Waals surface area contributed by atoms with Gasteiger partial charge in [-0.2, -0.15) is 9.98 Å². The Balaban J connectivity index is 1.79. The van der Waals surface area contributed by atoms with Gasteiger partial charge < -0.3 is 4.74 Å². The number of alkyl halides is 1. The van der Waals surface area contributed by atoms with Crippen LogP contribution in [0.15, 0.2) is 21.1 Å². The lowest BCUT2D eigenvalue weighted by atomic mass is 9.93. The molecule has 0 spiro atoms. The summed E-state index contributed by atoms with van der Waals surface area (Å²) in [7, 11) is 0. The SMILES string of the molecule is CC1(CCCC2=C3C(=O)N=C(CF)N=C3OC(=O)C2)CC1. The Bertz CT molecular complexity index is 600. The predicted molar refractivity (Wildman–Crippen MR) is 74.8 cm³/mol. The number of nitrogens with zero attached hydrogens (tertiary/aromatic N) is 2. The Morgan fingerprint density at radius 2 is 2.05 bits per heavy atom. The predicted octanol–water partition coefficient (Wildman–Crippen LogP) is 2.51. The molecule has 5 nitrogen and oxygen atoms in total. The van der Waals surface area contributed by atoms with Gasteiger partial charge in [-0.15, -0.1) is 0 Å². The number of aliphatic imine (C=N–C) groups is 2. The molecule has 2 aliphatic heterocycles. The van der Waals surface area contributed by atoms with Gasteiger partial charge in [-0.1, -0.05) is 6.92 Å². The van der Waals surface area contributed by atoms with Crippen molar-refractivity contribution in [3.8, 4) is 0 Å². The molecule has 1 fully saturated rings. The van der Waals surface area contributed by atoms with Crippen LogP contribution in [-0.4, -0.2) is 30.3 Å². The van der Waals surface area contributed by atoms with Crippen LogP contribution in [0, 0.1) is 5.41 Å². The fourth-order valence-electron chi connectivity index (χ4n) is 2.71. The number of fused-ring (bicyclic) bond motifs is 1. The molecule has 2 heterocycles. The lowest BCUT2D eigenvalue weighted by Crippen LogP contribution is -2.31. The maximum atomic E-state index is 12.6. The first-order valence-electron chi connectivity index (χ1n) is 7.20. The minimum Gasteiger partial charge on any atom is -0.406 e. The van der Waals surface area contributed by atoms with Crippen LogP contribution >= 0.6 is 0 Å². The average molecular weight is 292 g/mol. The fraction of sp³-hybridized carbons (Fsp3) is 0.600. The third-order valence-electron chi connectivity index (χ3n) is 4.29. The maximum Gasteiger partial charge on any atom is 0.316 e. The van der Waals surface area contributed by atoms with Gasteiger partial charge in [-0.25, -0.2) is 4.39 Å². The first-order chi connectivity index (χ1) is 10.0. The molecule has 0 aromatic rings. The number of ether oxygens (including phenoxy) is 1. The van der Waals surface area contributed by atoms with Crippen LogP contribution in [0.3, 0.4) is 0 Å². The summed E-state index contributed by atoms with van der Waals surface area (Å²) >= 11 is 0. The van der Waals surface area contributed by atoms with E-state index in [9.17, 15) is 14.0 Å². The largest absolute Gasteiger partial charge is 0.406 e. The highest BCUT2D eigenvalue weighted by atomic mass is 19.1. The van der Waals surface area contributed by atoms with Gasteiger partial charge in [0.05, 0.1) is 6.42 Å². The van der Waals surface area contributed by atoms with Crippen molar-refractivity contribution in [3.05, 3.63) is 11.1 Å². The second-order valence-electron chi connectivity index (χ2n) is 6.18. The van der Waals surface area contributed by atoms with Crippen molar-refractivity contribution < 1.29 is 18.7 Å². The normalized spacial score (nSPS) is 23.3. The van der Waals surface area contributed by atoms with Gasteiger partial charge >= 0.3 is 5.97 Å². The van der Waals surface area contributed by atoms with E-state index in [1.165, 1.54) is 12.8 Å². The molecule has 0 unspecified atom stereocenters. The molecule has 0 aromatic carbocycles. The number of hydrogen-bond acceptors (Lipinski definition) is 4. The minimum absolute atomic E-state index is 0.0773. The van der Waals surface area contributed by atoms with Crippen molar-refractivity contribution in [1.29, 1.82) is 0 Å². The zero-order valence-corrected chi connectivity index (χ0v) is 11.9. The zero-order chi connectivity index (χ0) is 15.0. The van der Waals surface area contributed by atoms with Crippen LogP contribution in [0.25, 0.3) is 0 Å². The zero-order valence-electron chi connectivity index (χ0n) is 11.9. The standard InChI is InChI=1S/C15H17FN2O3/c1-15(5-6-15)4-2-3-9-7-11(19)21-14-12(9)13(20)17-10(8-16)18-14/h2-8H2,1H3. The monoisotopic (exact) mass is 292 g/mol. The smallest absolute Gasteiger partial charge is 0.316 e. The van der Waals surface area contributed by atoms with E-state index in [4.69, 9.17) is 4.74 Å². The van der Waals surface area contributed by atoms with Crippen molar-refractivity contribution >= 4 is 23.6 Å². The molecule has 6 heteroatoms. The molecule has 0 bridgehead atoms. The third-order valence-corrected chi connectivity index (χ3v) is 4.29. The second kappa shape index (κ2) is 5.16. The van der Waals surface area contributed by atoms with Gasteiger partial charge in [0.2, 0.25) is 5.90 Å². The van der Waals surface area contributed by atoms with Gasteiger partial charge in [0.1, 0.15) is 12.2 Å². The molecule has 0 aromatic heterocycles. The van der Waals surface area contributed by atoms with Crippen LogP contribution in [0.2, 0.25) is 0 Å². The van der Waals surface area contributed by atoms with Crippen LogP contribution in [0.4, 0.5) is 4.39 Å². The molecule has 112 valence electrons. The molecule has 0 atom stereocenters. The Kier molecular flexibility index (Phi) is 3.47. The Morgan fingerprint density at radius 3 is 2.71 bits per heavy atom. The van der Waals surface area contributed by atoms with Gasteiger partial charge in [0.15, 0.2) is 5.84 Å². The summed E-state index contributed by atoms with van der Waals surface area (Å²) in [4.78, 5) is 31.0. The van der Waals surface area contributed by atoms with Crippen molar-refractivity contribution in [2.24, 2.45) is 15.4 Å². The molecular formula is C15H17FN2O3. The molecule has 3 aliphatic rings. The lowest BCUT2D eigenvalue weighted by Gasteiger charge is -2.22. The van der Waals surface area contributed by atoms with E-state index in [-0.39, 0.29) is 23.7 Å². The number of carbonyl (C=O) groups excluding carboxylic acids is 2. The summed E-state index contributed by atoms with van der Waals surface area (Å²) in [5, 5.41) is 0. The van der Waals surface area contributed by atoms with E-state index >= 15 is 0 Å². The molecule has 3 rings (SSSR count). The van der Waals surface area contributed by atoms with E-state index in [2.05, 4.69) is 16.9 Å². The highest BCUT2D eigenvalue weighted by Gasteiger charge is 2.37. The maximum absolute atomic E-state index is 12.6. The Labute approximate surface area is 122 Å². The van der Waals surface area contributed by atoms with E-state index in [1.807, 2.05) is 0 Å². The van der Waals surface area contributed by atoms with E-state index < -0.39 is 18.6 Å². The number of hydrogen-bond donors (Lipinski definition) is 0. The summed E-state index contributed by atoms with van der Waals surface area (Å²) in [6.07, 6.45) is 5.25. The summed E-state index contributed by atoms with van der Waals surface area (Å²) in [5.41, 5.74) is 1.42. The summed E-state index contributed by atoms with van der Waals surface area (Å²) in [6.45, 7) is 1.30. The van der Waals surface area contributed by atoms with E-state index in [0.717, 1.165) is 18.4 Å². The average Bonchev–Trinajstić information content (AvgIpc) is 3.15. The van der Waals surface area contributed by atoms with Gasteiger partial charge in [0.25, 0.3) is 5.91 Å². The quantitative estimate of drug-likeness (QED) is 0.731. The molecule has 1 amide bonds. The highest BCUT2D eigenvalue weighted by molar-refractivity contribution is 6.29. The fourth-order valence-corrected chi connectivity index (χ4v) is 2.71. The highest BCUT2D eigenvalue weighted by Crippen LogP contribution is 2.49. The van der Waals surface area contributed by atoms with Gasteiger partial charge in [-0.05, 0) is 43.1 Å². The summed E-state index contributed by atoms with van der Waals surface area (Å²) < 4.78 is 17.6. The molecule has 21 heavy (non-hydrogen) atoms. The minimum atomic E-state index is -0.951. The first kappa shape index (κ1) is 14.1. The summed E-state index contributed by atoms with van der Waals surface area (Å²) in [6, 6.07) is 0. The molecule has 1 aliphatic carbocycles. The van der Waals surface area contributed by atoms with Crippen LogP contribution < -0.4 is 0 Å². The van der Waals surface area contributed by atoms with Crippen molar-refractivity contribution in [2.75, 3.05) is 6.67 Å². The topological polar surface area (TPSA) is 68.1 Å². The second-order valence-corrected chi connectivity index (χ2v) is 6.18. The number of amidine groups is 1. The van der Waals surface area contributed by atoms with E-state index in [0.29, 0.717) is 11.8 Å². The molecular weight excluding hydrogens is 275 g/mol. The van der Waals surface area contributed by atoms with E-state index in [1.54, 1.807) is 0 Å². The Hall–Kier alpha value is -1.85. The van der Waals surface area contributed by atoms with Crippen molar-refractivity contribution in [1.82, 2.24) is 0 Å². The number of amides is 1. The number of carbonyl (C=O) groups is 2.